The molecule has 4 nitrogen and oxygen atoms in total. The van der Waals surface area contributed by atoms with Gasteiger partial charge in [0.15, 0.2) is 0 Å². The average molecular weight is 275 g/mol. The van der Waals surface area contributed by atoms with E-state index < -0.39 is 0 Å². The highest BCUT2D eigenvalue weighted by molar-refractivity contribution is 5.97. The highest BCUT2D eigenvalue weighted by atomic mass is 16.5. The van der Waals surface area contributed by atoms with Gasteiger partial charge in [-0.25, -0.2) is 4.98 Å². The molecule has 0 amide bonds. The monoisotopic (exact) mass is 275 g/mol. The van der Waals surface area contributed by atoms with Gasteiger partial charge in [0, 0.05) is 28.0 Å². The Kier molecular flexibility index (Phi) is 2.62. The van der Waals surface area contributed by atoms with Gasteiger partial charge in [0.05, 0.1) is 16.9 Å². The van der Waals surface area contributed by atoms with Gasteiger partial charge in [-0.15, -0.1) is 0 Å². The van der Waals surface area contributed by atoms with Crippen molar-refractivity contribution in [3.8, 4) is 11.3 Å². The molecule has 2 heterocycles. The van der Waals surface area contributed by atoms with E-state index in [4.69, 9.17) is 10.2 Å². The van der Waals surface area contributed by atoms with E-state index in [0.29, 0.717) is 5.69 Å². The van der Waals surface area contributed by atoms with Crippen LogP contribution in [0.4, 0.5) is 5.69 Å². The maximum Gasteiger partial charge on any atom is 0.0731 e. The van der Waals surface area contributed by atoms with Gasteiger partial charge in [-0.1, -0.05) is 24.3 Å². The van der Waals surface area contributed by atoms with Crippen molar-refractivity contribution in [2.24, 2.45) is 0 Å². The van der Waals surface area contributed by atoms with Crippen LogP contribution in [0.5, 0.6) is 0 Å². The molecule has 0 aliphatic carbocycles. The van der Waals surface area contributed by atoms with Gasteiger partial charge in [-0.3, -0.25) is 10.7 Å². The second kappa shape index (κ2) is 4.61. The molecular formula is C17H13N3O. The molecule has 0 fully saturated rings. The smallest absolute Gasteiger partial charge is 0.0731 e. The molecule has 21 heavy (non-hydrogen) atoms. The molecule has 0 spiro atoms. The number of aromatic amines is 1. The number of hydrogen-bond donors (Lipinski definition) is 3. The number of hydrogen-bond acceptors (Lipinski definition) is 3. The highest BCUT2D eigenvalue weighted by Crippen LogP contribution is 2.30. The maximum absolute atomic E-state index is 9.06. The van der Waals surface area contributed by atoms with Crippen molar-refractivity contribution in [1.29, 1.82) is 0 Å². The summed E-state index contributed by atoms with van der Waals surface area (Å²) >= 11 is 0. The van der Waals surface area contributed by atoms with Gasteiger partial charge in [0.2, 0.25) is 0 Å². The van der Waals surface area contributed by atoms with Crippen LogP contribution in [-0.2, 0) is 0 Å². The number of para-hydroxylation sites is 1. The van der Waals surface area contributed by atoms with Crippen molar-refractivity contribution in [2.45, 2.75) is 0 Å². The second-order valence-corrected chi connectivity index (χ2v) is 4.96. The molecule has 4 heteroatoms. The fourth-order valence-corrected chi connectivity index (χ4v) is 2.62. The minimum Gasteiger partial charge on any atom is -0.360 e. The third-order valence-electron chi connectivity index (χ3n) is 3.69. The summed E-state index contributed by atoms with van der Waals surface area (Å²) in [5.74, 6) is 0. The fraction of sp³-hybridized carbons (Fsp3) is 0. The molecule has 0 saturated carbocycles. The minimum absolute atomic E-state index is 0.657. The molecule has 0 aliphatic rings. The zero-order chi connectivity index (χ0) is 14.2. The first-order valence-corrected chi connectivity index (χ1v) is 6.72. The lowest BCUT2D eigenvalue weighted by atomic mass is 10.1. The van der Waals surface area contributed by atoms with E-state index in [1.165, 1.54) is 0 Å². The number of aromatic nitrogens is 2. The first-order chi connectivity index (χ1) is 10.3. The molecule has 0 aliphatic heterocycles. The van der Waals surface area contributed by atoms with Gasteiger partial charge in [-0.05, 0) is 30.3 Å². The van der Waals surface area contributed by atoms with Gasteiger partial charge in [-0.2, -0.15) is 0 Å². The topological polar surface area (TPSA) is 60.9 Å². The van der Waals surface area contributed by atoms with Gasteiger partial charge in [0.25, 0.3) is 0 Å². The summed E-state index contributed by atoms with van der Waals surface area (Å²) in [6.07, 6.45) is 1.95. The normalized spacial score (nSPS) is 11.1. The van der Waals surface area contributed by atoms with E-state index in [2.05, 4.69) is 22.6 Å². The lowest BCUT2D eigenvalue weighted by Gasteiger charge is -2.03. The summed E-state index contributed by atoms with van der Waals surface area (Å²) in [5.41, 5.74) is 6.76. The highest BCUT2D eigenvalue weighted by Gasteiger charge is 2.08. The lowest BCUT2D eigenvalue weighted by molar-refractivity contribution is 0.389. The van der Waals surface area contributed by atoms with E-state index in [1.54, 1.807) is 0 Å². The maximum atomic E-state index is 9.06. The Bertz CT molecular complexity index is 943. The molecule has 2 aromatic carbocycles. The molecule has 4 rings (SSSR count). The summed E-state index contributed by atoms with van der Waals surface area (Å²) in [6.45, 7) is 0. The van der Waals surface area contributed by atoms with Crippen LogP contribution < -0.4 is 5.48 Å². The molecule has 0 radical (unpaired) electrons. The molecule has 2 aromatic heterocycles. The van der Waals surface area contributed by atoms with E-state index in [-0.39, 0.29) is 0 Å². The quantitative estimate of drug-likeness (QED) is 0.481. The third-order valence-corrected chi connectivity index (χ3v) is 3.69. The largest absolute Gasteiger partial charge is 0.360 e. The molecule has 3 N–H and O–H groups in total. The van der Waals surface area contributed by atoms with Crippen molar-refractivity contribution < 1.29 is 5.21 Å². The first-order valence-electron chi connectivity index (χ1n) is 6.72. The van der Waals surface area contributed by atoms with Crippen molar-refractivity contribution in [1.82, 2.24) is 9.97 Å². The zero-order valence-electron chi connectivity index (χ0n) is 11.2. The van der Waals surface area contributed by atoms with Crippen molar-refractivity contribution in [3.05, 3.63) is 60.8 Å². The van der Waals surface area contributed by atoms with Crippen LogP contribution in [-0.4, -0.2) is 15.2 Å². The predicted molar refractivity (Wildman–Crippen MR) is 84.4 cm³/mol. The Morgan fingerprint density at radius 3 is 2.81 bits per heavy atom. The Morgan fingerprint density at radius 1 is 1.00 bits per heavy atom. The van der Waals surface area contributed by atoms with Crippen molar-refractivity contribution >= 4 is 27.5 Å². The van der Waals surface area contributed by atoms with Gasteiger partial charge >= 0.3 is 0 Å². The molecular weight excluding hydrogens is 262 g/mol. The molecule has 102 valence electrons. The van der Waals surface area contributed by atoms with Gasteiger partial charge < -0.3 is 4.98 Å². The number of anilines is 1. The summed E-state index contributed by atoms with van der Waals surface area (Å²) in [7, 11) is 0. The van der Waals surface area contributed by atoms with Crippen molar-refractivity contribution in [3.63, 3.8) is 0 Å². The van der Waals surface area contributed by atoms with E-state index in [9.17, 15) is 0 Å². The van der Waals surface area contributed by atoms with Crippen LogP contribution in [0.2, 0.25) is 0 Å². The van der Waals surface area contributed by atoms with Crippen LogP contribution in [0.3, 0.4) is 0 Å². The molecule has 0 bridgehead atoms. The molecule has 0 saturated heterocycles. The molecule has 0 unspecified atom stereocenters. The Morgan fingerprint density at radius 2 is 1.90 bits per heavy atom. The van der Waals surface area contributed by atoms with Crippen LogP contribution in [0.25, 0.3) is 33.1 Å². The van der Waals surface area contributed by atoms with Crippen LogP contribution in [0, 0.1) is 0 Å². The van der Waals surface area contributed by atoms with Gasteiger partial charge in [0.1, 0.15) is 0 Å². The van der Waals surface area contributed by atoms with E-state index in [1.807, 2.05) is 48.7 Å². The number of fused-ring (bicyclic) bond motifs is 2. The number of nitrogens with one attached hydrogen (secondary N) is 2. The summed E-state index contributed by atoms with van der Waals surface area (Å²) in [5, 5.41) is 11.2. The number of pyridine rings is 1. The third kappa shape index (κ3) is 1.93. The Hall–Kier alpha value is -2.85. The van der Waals surface area contributed by atoms with Crippen molar-refractivity contribution in [2.75, 3.05) is 5.48 Å². The fourth-order valence-electron chi connectivity index (χ4n) is 2.62. The zero-order valence-corrected chi connectivity index (χ0v) is 11.2. The average Bonchev–Trinajstić information content (AvgIpc) is 2.97. The molecule has 4 aromatic rings. The van der Waals surface area contributed by atoms with E-state index >= 15 is 0 Å². The van der Waals surface area contributed by atoms with Crippen LogP contribution >= 0.6 is 0 Å². The van der Waals surface area contributed by atoms with E-state index in [0.717, 1.165) is 33.1 Å². The van der Waals surface area contributed by atoms with Crippen LogP contribution in [0.1, 0.15) is 0 Å². The number of nitrogens with zero attached hydrogens (tertiary/aromatic N) is 1. The molecule has 0 atom stereocenters. The summed E-state index contributed by atoms with van der Waals surface area (Å²) < 4.78 is 0. The number of H-pyrrole nitrogens is 1. The number of rotatable bonds is 2. The Balaban J connectivity index is 1.94. The minimum atomic E-state index is 0.657. The summed E-state index contributed by atoms with van der Waals surface area (Å²) in [6, 6.07) is 17.8. The predicted octanol–water partition coefficient (Wildman–Crippen LogP) is 4.18. The van der Waals surface area contributed by atoms with Crippen LogP contribution in [0.15, 0.2) is 60.8 Å². The number of benzene rings is 2. The standard InChI is InChI=1S/C17H13N3O/c21-20-12-6-8-16-13(9-12)14(10-18-16)17-7-5-11-3-1-2-4-15(11)19-17/h1-10,18,20-21H. The first kappa shape index (κ1) is 11.9. The SMILES string of the molecule is ONc1ccc2[nH]cc(-c3ccc4ccccc4n3)c2c1. The second-order valence-electron chi connectivity index (χ2n) is 4.96. The Labute approximate surface area is 121 Å². The lowest BCUT2D eigenvalue weighted by Crippen LogP contribution is -1.88. The summed E-state index contributed by atoms with van der Waals surface area (Å²) in [4.78, 5) is 7.96.